The van der Waals surface area contributed by atoms with E-state index in [0.717, 1.165) is 31.9 Å². The van der Waals surface area contributed by atoms with Gasteiger partial charge < -0.3 is 5.32 Å². The molecule has 1 aromatic carbocycles. The summed E-state index contributed by atoms with van der Waals surface area (Å²) in [6, 6.07) is 3.62. The molecule has 0 heterocycles. The molecule has 1 unspecified atom stereocenters. The molecule has 18 heavy (non-hydrogen) atoms. The molecule has 1 nitrogen and oxygen atoms in total. The SMILES string of the molecule is CC#CCCC(NCCC)c1cc(F)cc(F)c1. The van der Waals surface area contributed by atoms with Gasteiger partial charge in [0.2, 0.25) is 0 Å². The van der Waals surface area contributed by atoms with Crippen LogP contribution in [0.1, 0.15) is 44.7 Å². The topological polar surface area (TPSA) is 12.0 Å². The molecule has 0 aliphatic rings. The Hall–Kier alpha value is -1.40. The molecular formula is C15H19F2N. The van der Waals surface area contributed by atoms with Crippen LogP contribution in [0.25, 0.3) is 0 Å². The standard InChI is InChI=1S/C15H19F2N/c1-3-5-6-7-15(18-8-4-2)12-9-13(16)11-14(17)10-12/h9-11,15,18H,4,6-8H2,1-2H3. The third-order valence-corrected chi connectivity index (χ3v) is 2.66. The highest BCUT2D eigenvalue weighted by Gasteiger charge is 2.12. The minimum Gasteiger partial charge on any atom is -0.310 e. The zero-order valence-electron chi connectivity index (χ0n) is 10.9. The fraction of sp³-hybridized carbons (Fsp3) is 0.467. The highest BCUT2D eigenvalue weighted by molar-refractivity contribution is 5.21. The minimum absolute atomic E-state index is 0.0454. The van der Waals surface area contributed by atoms with Gasteiger partial charge in [-0.25, -0.2) is 8.78 Å². The first kappa shape index (κ1) is 14.7. The highest BCUT2D eigenvalue weighted by Crippen LogP contribution is 2.20. The minimum atomic E-state index is -0.533. The van der Waals surface area contributed by atoms with Crippen LogP contribution in [-0.4, -0.2) is 6.54 Å². The third kappa shape index (κ3) is 4.85. The lowest BCUT2D eigenvalue weighted by Crippen LogP contribution is -2.22. The van der Waals surface area contributed by atoms with Crippen LogP contribution in [0.5, 0.6) is 0 Å². The first-order valence-corrected chi connectivity index (χ1v) is 6.26. The monoisotopic (exact) mass is 251 g/mol. The second-order valence-electron chi connectivity index (χ2n) is 4.17. The molecule has 98 valence electrons. The molecule has 0 aliphatic heterocycles. The maximum absolute atomic E-state index is 13.2. The van der Waals surface area contributed by atoms with E-state index in [-0.39, 0.29) is 6.04 Å². The van der Waals surface area contributed by atoms with E-state index in [1.165, 1.54) is 12.1 Å². The zero-order chi connectivity index (χ0) is 13.4. The summed E-state index contributed by atoms with van der Waals surface area (Å²) >= 11 is 0. The van der Waals surface area contributed by atoms with Crippen LogP contribution >= 0.6 is 0 Å². The van der Waals surface area contributed by atoms with Crippen molar-refractivity contribution in [3.63, 3.8) is 0 Å². The molecule has 0 amide bonds. The van der Waals surface area contributed by atoms with Gasteiger partial charge in [0.15, 0.2) is 0 Å². The summed E-state index contributed by atoms with van der Waals surface area (Å²) in [6.07, 6.45) is 2.45. The van der Waals surface area contributed by atoms with Crippen LogP contribution in [-0.2, 0) is 0 Å². The molecule has 0 aromatic heterocycles. The molecule has 1 atom stereocenters. The summed E-state index contributed by atoms with van der Waals surface area (Å²) in [7, 11) is 0. The molecule has 0 radical (unpaired) electrons. The zero-order valence-corrected chi connectivity index (χ0v) is 10.9. The maximum Gasteiger partial charge on any atom is 0.126 e. The Kier molecular flexibility index (Phi) is 6.38. The van der Waals surface area contributed by atoms with Crippen LogP contribution in [0.15, 0.2) is 18.2 Å². The summed E-state index contributed by atoms with van der Waals surface area (Å²) < 4.78 is 26.4. The molecule has 0 spiro atoms. The quantitative estimate of drug-likeness (QED) is 0.758. The Balaban J connectivity index is 2.81. The van der Waals surface area contributed by atoms with Crippen LogP contribution < -0.4 is 5.32 Å². The largest absolute Gasteiger partial charge is 0.310 e. The molecule has 1 N–H and O–H groups in total. The summed E-state index contributed by atoms with van der Waals surface area (Å²) in [6.45, 7) is 4.67. The molecule has 3 heteroatoms. The van der Waals surface area contributed by atoms with Gasteiger partial charge in [-0.1, -0.05) is 6.92 Å². The van der Waals surface area contributed by atoms with E-state index in [4.69, 9.17) is 0 Å². The molecule has 0 bridgehead atoms. The second-order valence-corrected chi connectivity index (χ2v) is 4.17. The lowest BCUT2D eigenvalue weighted by molar-refractivity contribution is 0.495. The molecular weight excluding hydrogens is 232 g/mol. The molecule has 0 saturated carbocycles. The third-order valence-electron chi connectivity index (χ3n) is 2.66. The first-order valence-electron chi connectivity index (χ1n) is 6.26. The summed E-state index contributed by atoms with van der Waals surface area (Å²) in [4.78, 5) is 0. The number of benzene rings is 1. The molecule has 0 aliphatic carbocycles. The molecule has 0 fully saturated rings. The van der Waals surface area contributed by atoms with Crippen molar-refractivity contribution in [2.45, 2.75) is 39.2 Å². The Labute approximate surface area is 108 Å². The fourth-order valence-electron chi connectivity index (χ4n) is 1.82. The summed E-state index contributed by atoms with van der Waals surface area (Å²) in [5.41, 5.74) is 0.652. The van der Waals surface area contributed by atoms with E-state index in [2.05, 4.69) is 24.1 Å². The van der Waals surface area contributed by atoms with Crippen LogP contribution in [0.3, 0.4) is 0 Å². The molecule has 1 aromatic rings. The average molecular weight is 251 g/mol. The van der Waals surface area contributed by atoms with E-state index in [1.807, 2.05) is 0 Å². The second kappa shape index (κ2) is 7.84. The Morgan fingerprint density at radius 3 is 2.44 bits per heavy atom. The number of hydrogen-bond donors (Lipinski definition) is 1. The van der Waals surface area contributed by atoms with Gasteiger partial charge in [0, 0.05) is 18.5 Å². The van der Waals surface area contributed by atoms with Crippen molar-refractivity contribution < 1.29 is 8.78 Å². The van der Waals surface area contributed by atoms with Crippen molar-refractivity contribution in [1.82, 2.24) is 5.32 Å². The van der Waals surface area contributed by atoms with Gasteiger partial charge in [0.05, 0.1) is 0 Å². The van der Waals surface area contributed by atoms with Crippen molar-refractivity contribution in [1.29, 1.82) is 0 Å². The van der Waals surface area contributed by atoms with Crippen molar-refractivity contribution in [3.8, 4) is 11.8 Å². The van der Waals surface area contributed by atoms with Crippen molar-refractivity contribution in [2.75, 3.05) is 6.54 Å². The smallest absolute Gasteiger partial charge is 0.126 e. The maximum atomic E-state index is 13.2. The molecule has 0 saturated heterocycles. The Morgan fingerprint density at radius 1 is 1.22 bits per heavy atom. The molecule has 1 rings (SSSR count). The van der Waals surface area contributed by atoms with Gasteiger partial charge in [-0.2, -0.15) is 0 Å². The lowest BCUT2D eigenvalue weighted by Gasteiger charge is -2.18. The van der Waals surface area contributed by atoms with Crippen LogP contribution in [0.2, 0.25) is 0 Å². The van der Waals surface area contributed by atoms with Gasteiger partial charge in [-0.15, -0.1) is 11.8 Å². The van der Waals surface area contributed by atoms with Gasteiger partial charge in [0.25, 0.3) is 0 Å². The van der Waals surface area contributed by atoms with Gasteiger partial charge >= 0.3 is 0 Å². The van der Waals surface area contributed by atoms with Crippen molar-refractivity contribution in [3.05, 3.63) is 35.4 Å². The van der Waals surface area contributed by atoms with E-state index in [9.17, 15) is 8.78 Å². The fourth-order valence-corrected chi connectivity index (χ4v) is 1.82. The van der Waals surface area contributed by atoms with Crippen molar-refractivity contribution in [2.24, 2.45) is 0 Å². The van der Waals surface area contributed by atoms with E-state index in [1.54, 1.807) is 6.92 Å². The summed E-state index contributed by atoms with van der Waals surface area (Å²) in [5, 5.41) is 3.30. The number of halogens is 2. The van der Waals surface area contributed by atoms with E-state index in [0.29, 0.717) is 5.56 Å². The predicted octanol–water partition coefficient (Wildman–Crippen LogP) is 3.81. The van der Waals surface area contributed by atoms with Crippen LogP contribution in [0.4, 0.5) is 8.78 Å². The van der Waals surface area contributed by atoms with E-state index < -0.39 is 11.6 Å². The van der Waals surface area contributed by atoms with Crippen LogP contribution in [0, 0.1) is 23.5 Å². The van der Waals surface area contributed by atoms with Gasteiger partial charge in [-0.05, 0) is 44.0 Å². The van der Waals surface area contributed by atoms with E-state index >= 15 is 0 Å². The number of rotatable bonds is 6. The Morgan fingerprint density at radius 2 is 1.89 bits per heavy atom. The summed E-state index contributed by atoms with van der Waals surface area (Å²) in [5.74, 6) is 4.74. The predicted molar refractivity (Wildman–Crippen MR) is 70.1 cm³/mol. The van der Waals surface area contributed by atoms with Gasteiger partial charge in [0.1, 0.15) is 11.6 Å². The number of nitrogens with one attached hydrogen (secondary N) is 1. The number of hydrogen-bond acceptors (Lipinski definition) is 1. The van der Waals surface area contributed by atoms with Crippen molar-refractivity contribution >= 4 is 0 Å². The first-order chi connectivity index (χ1) is 8.67. The highest BCUT2D eigenvalue weighted by atomic mass is 19.1. The average Bonchev–Trinajstić information content (AvgIpc) is 2.32. The Bertz CT molecular complexity index is 412. The van der Waals surface area contributed by atoms with Gasteiger partial charge in [-0.3, -0.25) is 0 Å². The normalized spacial score (nSPS) is 11.8. The lowest BCUT2D eigenvalue weighted by atomic mass is 10.0.